The van der Waals surface area contributed by atoms with Crippen molar-refractivity contribution < 1.29 is 22.7 Å². The van der Waals surface area contributed by atoms with Gasteiger partial charge < -0.3 is 15.4 Å². The van der Waals surface area contributed by atoms with Crippen molar-refractivity contribution in [3.8, 4) is 0 Å². The molecule has 0 bridgehead atoms. The molecule has 1 aliphatic heterocycles. The van der Waals surface area contributed by atoms with Crippen LogP contribution in [0, 0.1) is 5.82 Å². The van der Waals surface area contributed by atoms with Crippen molar-refractivity contribution in [2.45, 2.75) is 45.1 Å². The first-order valence-corrected chi connectivity index (χ1v) is 8.96. The zero-order valence-corrected chi connectivity index (χ0v) is 16.0. The lowest BCUT2D eigenvalue weighted by Gasteiger charge is -2.34. The largest absolute Gasteiger partial charge is 0.444 e. The van der Waals surface area contributed by atoms with Gasteiger partial charge in [0.2, 0.25) is 0 Å². The summed E-state index contributed by atoms with van der Waals surface area (Å²) in [4.78, 5) is 17.7. The molecule has 0 spiro atoms. The van der Waals surface area contributed by atoms with Gasteiger partial charge in [-0.3, -0.25) is 10.3 Å². The minimum atomic E-state index is -2.75. The first-order chi connectivity index (χ1) is 13.0. The van der Waals surface area contributed by atoms with Crippen molar-refractivity contribution in [1.29, 1.82) is 0 Å². The standard InChI is InChI=1S/C19H23F3N4O2/c1-18(2,3)28-17(27)25-12-8-11-9-13(23)14(20)16(15(11)24-10-12)26-6-4-19(21,22)5-7-26/h8-10H,4-7,23H2,1-3H3,(H,25,27). The molecule has 1 aliphatic rings. The van der Waals surface area contributed by atoms with Crippen LogP contribution < -0.4 is 16.0 Å². The Labute approximate surface area is 160 Å². The van der Waals surface area contributed by atoms with Crippen LogP contribution in [0.1, 0.15) is 33.6 Å². The van der Waals surface area contributed by atoms with Crippen molar-refractivity contribution in [2.24, 2.45) is 0 Å². The number of rotatable bonds is 2. The minimum absolute atomic E-state index is 0.00205. The smallest absolute Gasteiger partial charge is 0.412 e. The van der Waals surface area contributed by atoms with E-state index in [0.717, 1.165) is 0 Å². The zero-order chi connectivity index (χ0) is 20.7. The summed E-state index contributed by atoms with van der Waals surface area (Å²) in [6.07, 6.45) is -0.00592. The molecule has 3 rings (SSSR count). The molecule has 6 nitrogen and oxygen atoms in total. The SMILES string of the molecule is CC(C)(C)OC(=O)Nc1cnc2c(N3CCC(F)(F)CC3)c(F)c(N)cc2c1. The van der Waals surface area contributed by atoms with Crippen molar-refractivity contribution >= 4 is 34.1 Å². The van der Waals surface area contributed by atoms with Gasteiger partial charge in [-0.2, -0.15) is 0 Å². The summed E-state index contributed by atoms with van der Waals surface area (Å²) >= 11 is 0. The predicted octanol–water partition coefficient (Wildman–Crippen LogP) is 4.54. The second-order valence-electron chi connectivity index (χ2n) is 7.89. The second kappa shape index (κ2) is 7.03. The molecular weight excluding hydrogens is 373 g/mol. The molecular formula is C19H23F3N4O2. The molecule has 0 aliphatic carbocycles. The molecule has 0 atom stereocenters. The molecule has 0 saturated carbocycles. The summed E-state index contributed by atoms with van der Waals surface area (Å²) < 4.78 is 46.8. The van der Waals surface area contributed by atoms with Crippen LogP contribution in [0.25, 0.3) is 10.9 Å². The van der Waals surface area contributed by atoms with Gasteiger partial charge >= 0.3 is 6.09 Å². The lowest BCUT2D eigenvalue weighted by Crippen LogP contribution is -2.40. The number of benzene rings is 1. The first-order valence-electron chi connectivity index (χ1n) is 8.96. The lowest BCUT2D eigenvalue weighted by molar-refractivity contribution is -0.0221. The zero-order valence-electron chi connectivity index (χ0n) is 16.0. The Bertz CT molecular complexity index is 902. The van der Waals surface area contributed by atoms with E-state index in [2.05, 4.69) is 10.3 Å². The average Bonchev–Trinajstić information content (AvgIpc) is 2.55. The quantitative estimate of drug-likeness (QED) is 0.729. The van der Waals surface area contributed by atoms with Gasteiger partial charge in [0.25, 0.3) is 5.92 Å². The number of aromatic nitrogens is 1. The number of hydrogen-bond acceptors (Lipinski definition) is 5. The van der Waals surface area contributed by atoms with Gasteiger partial charge in [0.15, 0.2) is 5.82 Å². The van der Waals surface area contributed by atoms with E-state index < -0.39 is 23.4 Å². The fourth-order valence-electron chi connectivity index (χ4n) is 3.10. The molecule has 1 fully saturated rings. The van der Waals surface area contributed by atoms with Gasteiger partial charge in [-0.05, 0) is 32.9 Å². The number of carbonyl (C=O) groups is 1. The fraction of sp³-hybridized carbons (Fsp3) is 0.474. The van der Waals surface area contributed by atoms with Crippen LogP contribution in [-0.2, 0) is 4.74 Å². The summed E-state index contributed by atoms with van der Waals surface area (Å²) in [6, 6.07) is 2.99. The van der Waals surface area contributed by atoms with Crippen LogP contribution in [0.4, 0.5) is 35.0 Å². The Morgan fingerprint density at radius 2 is 1.93 bits per heavy atom. The third-order valence-corrected chi connectivity index (χ3v) is 4.37. The summed E-state index contributed by atoms with van der Waals surface area (Å²) in [7, 11) is 0. The van der Waals surface area contributed by atoms with Gasteiger partial charge in [0.05, 0.1) is 23.1 Å². The van der Waals surface area contributed by atoms with Crippen LogP contribution in [0.15, 0.2) is 18.3 Å². The molecule has 28 heavy (non-hydrogen) atoms. The Morgan fingerprint density at radius 1 is 1.29 bits per heavy atom. The number of anilines is 3. The topological polar surface area (TPSA) is 80.5 Å². The maximum absolute atomic E-state index is 14.7. The van der Waals surface area contributed by atoms with E-state index in [1.54, 1.807) is 31.7 Å². The maximum Gasteiger partial charge on any atom is 0.412 e. The summed E-state index contributed by atoms with van der Waals surface area (Å²) in [5.41, 5.74) is 5.77. The van der Waals surface area contributed by atoms with Crippen LogP contribution in [0.2, 0.25) is 0 Å². The third-order valence-electron chi connectivity index (χ3n) is 4.37. The Balaban J connectivity index is 1.93. The molecule has 1 aromatic carbocycles. The number of nitrogen functional groups attached to an aromatic ring is 1. The molecule has 1 aromatic heterocycles. The van der Waals surface area contributed by atoms with Gasteiger partial charge in [-0.15, -0.1) is 0 Å². The highest BCUT2D eigenvalue weighted by atomic mass is 19.3. The highest BCUT2D eigenvalue weighted by molar-refractivity contribution is 5.97. The predicted molar refractivity (Wildman–Crippen MR) is 102 cm³/mol. The highest BCUT2D eigenvalue weighted by Crippen LogP contribution is 2.37. The van der Waals surface area contributed by atoms with E-state index in [9.17, 15) is 18.0 Å². The number of halogens is 3. The minimum Gasteiger partial charge on any atom is -0.444 e. The molecule has 2 aromatic rings. The van der Waals surface area contributed by atoms with Crippen molar-refractivity contribution in [3.05, 3.63) is 24.1 Å². The maximum atomic E-state index is 14.7. The molecule has 1 amide bonds. The van der Waals surface area contributed by atoms with Gasteiger partial charge in [0.1, 0.15) is 11.3 Å². The number of nitrogens with zero attached hydrogens (tertiary/aromatic N) is 2. The lowest BCUT2D eigenvalue weighted by atomic mass is 10.0. The number of amides is 1. The fourth-order valence-corrected chi connectivity index (χ4v) is 3.10. The van der Waals surface area contributed by atoms with E-state index in [-0.39, 0.29) is 37.3 Å². The number of alkyl halides is 2. The van der Waals surface area contributed by atoms with Crippen LogP contribution in [-0.4, -0.2) is 35.7 Å². The van der Waals surface area contributed by atoms with E-state index in [0.29, 0.717) is 16.6 Å². The van der Waals surface area contributed by atoms with Crippen LogP contribution >= 0.6 is 0 Å². The number of nitrogens with two attached hydrogens (primary N) is 1. The number of pyridine rings is 1. The van der Waals surface area contributed by atoms with Crippen LogP contribution in [0.3, 0.4) is 0 Å². The molecule has 1 saturated heterocycles. The Morgan fingerprint density at radius 3 is 2.54 bits per heavy atom. The number of piperidine rings is 1. The Hall–Kier alpha value is -2.71. The monoisotopic (exact) mass is 396 g/mol. The summed E-state index contributed by atoms with van der Waals surface area (Å²) in [5.74, 6) is -3.43. The summed E-state index contributed by atoms with van der Waals surface area (Å²) in [6.45, 7) is 5.22. The summed E-state index contributed by atoms with van der Waals surface area (Å²) in [5, 5.41) is 3.05. The number of fused-ring (bicyclic) bond motifs is 1. The first kappa shape index (κ1) is 20.0. The molecule has 3 N–H and O–H groups in total. The second-order valence-corrected chi connectivity index (χ2v) is 7.89. The van der Waals surface area contributed by atoms with Gasteiger partial charge in [-0.25, -0.2) is 18.0 Å². The average molecular weight is 396 g/mol. The number of nitrogens with one attached hydrogen (secondary N) is 1. The molecule has 0 unspecified atom stereocenters. The highest BCUT2D eigenvalue weighted by Gasteiger charge is 2.35. The van der Waals surface area contributed by atoms with E-state index in [1.165, 1.54) is 12.3 Å². The third kappa shape index (κ3) is 4.40. The number of hydrogen-bond donors (Lipinski definition) is 2. The van der Waals surface area contributed by atoms with Crippen molar-refractivity contribution in [2.75, 3.05) is 29.0 Å². The van der Waals surface area contributed by atoms with Gasteiger partial charge in [0, 0.05) is 31.3 Å². The van der Waals surface area contributed by atoms with E-state index in [1.807, 2.05) is 0 Å². The normalized spacial score (nSPS) is 16.9. The molecule has 9 heteroatoms. The molecule has 152 valence electrons. The number of carbonyl (C=O) groups excluding carboxylic acids is 1. The van der Waals surface area contributed by atoms with E-state index >= 15 is 0 Å². The van der Waals surface area contributed by atoms with E-state index in [4.69, 9.17) is 10.5 Å². The molecule has 0 radical (unpaired) electrons. The Kier molecular flexibility index (Phi) is 5.03. The number of ether oxygens (including phenoxy) is 1. The van der Waals surface area contributed by atoms with Crippen LogP contribution in [0.5, 0.6) is 0 Å². The van der Waals surface area contributed by atoms with Crippen molar-refractivity contribution in [3.63, 3.8) is 0 Å². The molecule has 2 heterocycles. The van der Waals surface area contributed by atoms with Gasteiger partial charge in [-0.1, -0.05) is 0 Å². The van der Waals surface area contributed by atoms with Crippen molar-refractivity contribution in [1.82, 2.24) is 4.98 Å².